The van der Waals surface area contributed by atoms with Gasteiger partial charge in [-0.05, 0) is 67.6 Å². The Morgan fingerprint density at radius 1 is 1.02 bits per heavy atom. The van der Waals surface area contributed by atoms with Crippen LogP contribution in [0.1, 0.15) is 39.2 Å². The lowest BCUT2D eigenvalue weighted by atomic mass is 9.82. The van der Waals surface area contributed by atoms with Crippen LogP contribution < -0.4 is 19.8 Å². The molecule has 1 fully saturated rings. The molecule has 2 N–H and O–H groups in total. The number of amides is 3. The van der Waals surface area contributed by atoms with E-state index in [-0.39, 0.29) is 23.1 Å². The summed E-state index contributed by atoms with van der Waals surface area (Å²) in [6.45, 7) is 1.40. The van der Waals surface area contributed by atoms with Gasteiger partial charge in [-0.15, -0.1) is 0 Å². The molecule has 3 amide bonds. The maximum atomic E-state index is 14.0. The number of carbonyl (C=O) groups excluding carboxylic acids is 4. The van der Waals surface area contributed by atoms with E-state index in [1.165, 1.54) is 48.5 Å². The molecule has 2 aliphatic rings. The quantitative estimate of drug-likeness (QED) is 0.165. The Kier molecular flexibility index (Phi) is 9.11. The number of imide groups is 1. The molecule has 6 rings (SSSR count). The van der Waals surface area contributed by atoms with Crippen LogP contribution in [-0.2, 0) is 25.3 Å². The number of nitrogens with zero attached hydrogens (tertiary/aromatic N) is 1. The van der Waals surface area contributed by atoms with Crippen molar-refractivity contribution in [3.63, 3.8) is 0 Å². The first-order chi connectivity index (χ1) is 22.8. The van der Waals surface area contributed by atoms with Gasteiger partial charge in [-0.1, -0.05) is 40.8 Å². The number of aromatic amines is 1. The standard InChI is InChI=1S/C32H23ClF3N3O7S2/c1-2-45-30(43)15-6-9-18(10-7-15)37-22(40)14-46-21-11-8-17(33)13-20(21)23-24-26(47-27-25(23)48-31(44)38-27)29(42)39(28(24)41)19-5-3-4-16(12-19)32(34,35)36/h3-13,23-24,26H,2,14H2,1H3,(H,37,40)(H,38,44)/t23-,24?,26?/m1/s1. The van der Waals surface area contributed by atoms with E-state index in [2.05, 4.69) is 10.3 Å². The smallest absolute Gasteiger partial charge is 0.416 e. The monoisotopic (exact) mass is 717 g/mol. The van der Waals surface area contributed by atoms with E-state index in [1.807, 2.05) is 0 Å². The number of hydrogen-bond acceptors (Lipinski definition) is 9. The number of rotatable bonds is 8. The van der Waals surface area contributed by atoms with Crippen molar-refractivity contribution < 1.29 is 41.8 Å². The van der Waals surface area contributed by atoms with Gasteiger partial charge in [-0.25, -0.2) is 9.69 Å². The lowest BCUT2D eigenvalue weighted by Crippen LogP contribution is -2.32. The van der Waals surface area contributed by atoms with Crippen molar-refractivity contribution in [2.75, 3.05) is 23.4 Å². The molecule has 0 saturated carbocycles. The Morgan fingerprint density at radius 2 is 1.77 bits per heavy atom. The topological polar surface area (TPSA) is 135 Å². The summed E-state index contributed by atoms with van der Waals surface area (Å²) in [5.74, 6) is -4.57. The molecule has 48 heavy (non-hydrogen) atoms. The molecule has 4 aromatic rings. The average Bonchev–Trinajstić information content (AvgIpc) is 3.54. The minimum atomic E-state index is -4.71. The fraction of sp³-hybridized carbons (Fsp3) is 0.219. The zero-order valence-electron chi connectivity index (χ0n) is 24.6. The summed E-state index contributed by atoms with van der Waals surface area (Å²) in [6, 6.07) is 14.4. The zero-order valence-corrected chi connectivity index (χ0v) is 27.0. The molecule has 0 aliphatic carbocycles. The van der Waals surface area contributed by atoms with Crippen LogP contribution in [0.2, 0.25) is 5.02 Å². The van der Waals surface area contributed by atoms with E-state index < -0.39 is 64.0 Å². The van der Waals surface area contributed by atoms with E-state index >= 15 is 0 Å². The lowest BCUT2D eigenvalue weighted by Gasteiger charge is -2.31. The zero-order chi connectivity index (χ0) is 34.3. The van der Waals surface area contributed by atoms with Crippen LogP contribution in [0.25, 0.3) is 0 Å². The molecule has 248 valence electrons. The molecule has 2 unspecified atom stereocenters. The van der Waals surface area contributed by atoms with Gasteiger partial charge in [-0.2, -0.15) is 13.2 Å². The van der Waals surface area contributed by atoms with Crippen LogP contribution in [0.15, 0.2) is 76.6 Å². The number of thiazole rings is 1. The van der Waals surface area contributed by atoms with E-state index in [1.54, 1.807) is 6.92 Å². The minimum absolute atomic E-state index is 0.132. The number of H-pyrrole nitrogens is 1. The molecule has 1 saturated heterocycles. The van der Waals surface area contributed by atoms with Gasteiger partial charge >= 0.3 is 17.0 Å². The predicted molar refractivity (Wildman–Crippen MR) is 172 cm³/mol. The van der Waals surface area contributed by atoms with Crippen molar-refractivity contribution in [2.24, 2.45) is 5.92 Å². The molecule has 2 aliphatic heterocycles. The van der Waals surface area contributed by atoms with Crippen molar-refractivity contribution in [1.29, 1.82) is 0 Å². The molecule has 3 atom stereocenters. The van der Waals surface area contributed by atoms with E-state index in [9.17, 15) is 37.1 Å². The summed E-state index contributed by atoms with van der Waals surface area (Å²) in [6.07, 6.45) is -4.71. The fourth-order valence-corrected chi connectivity index (χ4v) is 8.25. The molecular weight excluding hydrogens is 695 g/mol. The van der Waals surface area contributed by atoms with E-state index in [4.69, 9.17) is 21.1 Å². The van der Waals surface area contributed by atoms with Gasteiger partial charge in [0, 0.05) is 27.1 Å². The highest BCUT2D eigenvalue weighted by Gasteiger charge is 2.57. The van der Waals surface area contributed by atoms with Gasteiger partial charge < -0.3 is 19.8 Å². The number of hydrogen-bond donors (Lipinski definition) is 2. The van der Waals surface area contributed by atoms with Crippen LogP contribution >= 0.6 is 34.7 Å². The van der Waals surface area contributed by atoms with Crippen molar-refractivity contribution in [3.05, 3.63) is 103 Å². The molecule has 3 aromatic carbocycles. The van der Waals surface area contributed by atoms with Crippen LogP contribution in [0.3, 0.4) is 0 Å². The number of anilines is 2. The van der Waals surface area contributed by atoms with Crippen LogP contribution in [0, 0.1) is 5.92 Å². The number of nitrogens with one attached hydrogen (secondary N) is 2. The van der Waals surface area contributed by atoms with Crippen molar-refractivity contribution in [1.82, 2.24) is 4.98 Å². The number of alkyl halides is 3. The maximum Gasteiger partial charge on any atom is 0.416 e. The summed E-state index contributed by atoms with van der Waals surface area (Å²) in [7, 11) is 0. The summed E-state index contributed by atoms with van der Waals surface area (Å²) in [5.41, 5.74) is -0.278. The fourth-order valence-electron chi connectivity index (χ4n) is 5.57. The Bertz CT molecular complexity index is 2000. The molecule has 0 bridgehead atoms. The van der Waals surface area contributed by atoms with Crippen LogP contribution in [0.5, 0.6) is 5.75 Å². The largest absolute Gasteiger partial charge is 0.483 e. The molecule has 1 aromatic heterocycles. The van der Waals surface area contributed by atoms with Gasteiger partial charge in [0.2, 0.25) is 11.8 Å². The molecule has 0 spiro atoms. The highest BCUT2D eigenvalue weighted by molar-refractivity contribution is 8.00. The number of benzene rings is 3. The molecule has 10 nitrogen and oxygen atoms in total. The number of fused-ring (bicyclic) bond motifs is 2. The first-order valence-electron chi connectivity index (χ1n) is 14.3. The summed E-state index contributed by atoms with van der Waals surface area (Å²) < 4.78 is 51.4. The lowest BCUT2D eigenvalue weighted by molar-refractivity contribution is -0.137. The van der Waals surface area contributed by atoms with Gasteiger partial charge in [0.15, 0.2) is 6.61 Å². The Hall–Kier alpha value is -4.60. The molecular formula is C32H23ClF3N3O7S2. The Balaban J connectivity index is 1.30. The third kappa shape index (κ3) is 6.44. The number of halogens is 4. The summed E-state index contributed by atoms with van der Waals surface area (Å²) >= 11 is 8.15. The van der Waals surface area contributed by atoms with Crippen molar-refractivity contribution >= 4 is 69.8 Å². The summed E-state index contributed by atoms with van der Waals surface area (Å²) in [4.78, 5) is 68.4. The highest BCUT2D eigenvalue weighted by atomic mass is 35.5. The second-order valence-electron chi connectivity index (χ2n) is 10.6. The number of ether oxygens (including phenoxy) is 2. The Morgan fingerprint density at radius 3 is 2.48 bits per heavy atom. The van der Waals surface area contributed by atoms with E-state index in [0.29, 0.717) is 26.7 Å². The van der Waals surface area contributed by atoms with Crippen molar-refractivity contribution in [3.8, 4) is 5.75 Å². The number of esters is 1. The highest BCUT2D eigenvalue weighted by Crippen LogP contribution is 2.55. The average molecular weight is 718 g/mol. The second kappa shape index (κ2) is 13.1. The predicted octanol–water partition coefficient (Wildman–Crippen LogP) is 6.10. The Labute approximate surface area is 283 Å². The van der Waals surface area contributed by atoms with Gasteiger partial charge in [0.05, 0.1) is 34.4 Å². The van der Waals surface area contributed by atoms with Gasteiger partial charge in [-0.3, -0.25) is 19.2 Å². The molecule has 16 heteroatoms. The normalized spacial score (nSPS) is 18.7. The molecule has 0 radical (unpaired) electrons. The van der Waals surface area contributed by atoms with Gasteiger partial charge in [0.25, 0.3) is 5.91 Å². The van der Waals surface area contributed by atoms with Crippen LogP contribution in [0.4, 0.5) is 24.5 Å². The second-order valence-corrected chi connectivity index (χ2v) is 13.2. The number of thioether (sulfide) groups is 1. The summed E-state index contributed by atoms with van der Waals surface area (Å²) in [5, 5.41) is 2.12. The van der Waals surface area contributed by atoms with E-state index in [0.717, 1.165) is 46.2 Å². The SMILES string of the molecule is CCOC(=O)c1ccc(NC(=O)COc2ccc(Cl)cc2[C@H]2c3sc(=O)[nH]c3SC3C(=O)N(c4cccc(C(F)(F)F)c4)C(=O)C32)cc1. The first kappa shape index (κ1) is 33.3. The minimum Gasteiger partial charge on any atom is -0.483 e. The number of carbonyl (C=O) groups is 4. The third-order valence-corrected chi connectivity index (χ3v) is 10.2. The maximum absolute atomic E-state index is 14.0. The third-order valence-electron chi connectivity index (χ3n) is 7.60. The van der Waals surface area contributed by atoms with Crippen LogP contribution in [-0.4, -0.2) is 47.1 Å². The van der Waals surface area contributed by atoms with Crippen molar-refractivity contribution in [2.45, 2.75) is 29.3 Å². The number of aromatic nitrogens is 1. The van der Waals surface area contributed by atoms with Gasteiger partial charge in [0.1, 0.15) is 11.0 Å². The molecule has 3 heterocycles. The first-order valence-corrected chi connectivity index (χ1v) is 16.4.